The molecule has 0 spiro atoms. The Labute approximate surface area is 483 Å². The van der Waals surface area contributed by atoms with E-state index in [1.54, 1.807) is 0 Å². The number of hydrogen-bond acceptors (Lipinski definition) is 2. The first-order valence-corrected chi connectivity index (χ1v) is 29.0. The zero-order valence-corrected chi connectivity index (χ0v) is 46.8. The molecule has 0 radical (unpaired) electrons. The van der Waals surface area contributed by atoms with Crippen molar-refractivity contribution >= 4 is 80.3 Å². The average Bonchev–Trinajstić information content (AvgIpc) is 2.69. The van der Waals surface area contributed by atoms with E-state index in [0.717, 1.165) is 0 Å². The number of rotatable bonds is 8. The number of nitrogens with zero attached hydrogens (tertiary/aromatic N) is 2. The van der Waals surface area contributed by atoms with E-state index < -0.39 is 10.8 Å². The SMILES string of the molecule is Cc1cc(N2c3ccccc3C(c3ccccc3)(c3ccccc3)c3ccccc32)cc(C)c1B1c2ccccc2B(c2c(C)cc(N3c4ccccc4C(c4ccccc4)(c4ccccc4)c4ccccc43)cc2C)c2ccccc21. The number of benzene rings is 12. The number of hydrogen-bond donors (Lipinski definition) is 0. The van der Waals surface area contributed by atoms with Crippen molar-refractivity contribution in [3.05, 3.63) is 358 Å². The fourth-order valence-electron chi connectivity index (χ4n) is 15.5. The van der Waals surface area contributed by atoms with Crippen LogP contribution in [0.4, 0.5) is 34.1 Å². The fourth-order valence-corrected chi connectivity index (χ4v) is 15.5. The Kier molecular flexibility index (Phi) is 11.8. The van der Waals surface area contributed by atoms with Crippen molar-refractivity contribution in [2.45, 2.75) is 38.5 Å². The second-order valence-corrected chi connectivity index (χ2v) is 22.8. The van der Waals surface area contributed by atoms with E-state index >= 15 is 0 Å². The van der Waals surface area contributed by atoms with Gasteiger partial charge in [-0.05, 0) is 121 Å². The van der Waals surface area contributed by atoms with E-state index in [2.05, 4.69) is 329 Å². The molecule has 0 aromatic heterocycles. The van der Waals surface area contributed by atoms with Gasteiger partial charge >= 0.3 is 0 Å². The summed E-state index contributed by atoms with van der Waals surface area (Å²) in [6.45, 7) is 9.46. The van der Waals surface area contributed by atoms with Gasteiger partial charge in [-0.2, -0.15) is 0 Å². The zero-order chi connectivity index (χ0) is 55.1. The lowest BCUT2D eigenvalue weighted by Crippen LogP contribution is -2.75. The second-order valence-electron chi connectivity index (χ2n) is 22.8. The minimum atomic E-state index is -0.526. The first-order chi connectivity index (χ1) is 40.4. The molecule has 0 amide bonds. The molecule has 82 heavy (non-hydrogen) atoms. The lowest BCUT2D eigenvalue weighted by molar-refractivity contribution is 0.731. The molecule has 0 fully saturated rings. The van der Waals surface area contributed by atoms with Crippen LogP contribution in [-0.2, 0) is 10.8 Å². The number of aryl methyl sites for hydroxylation is 4. The Hall–Kier alpha value is -9.63. The summed E-state index contributed by atoms with van der Waals surface area (Å²) in [6, 6.07) is 109. The zero-order valence-electron chi connectivity index (χ0n) is 46.8. The van der Waals surface area contributed by atoms with Crippen molar-refractivity contribution in [3.8, 4) is 0 Å². The molecule has 2 nitrogen and oxygen atoms in total. The van der Waals surface area contributed by atoms with Gasteiger partial charge < -0.3 is 9.80 Å². The summed E-state index contributed by atoms with van der Waals surface area (Å²) in [7, 11) is 0. The molecular weight excluding hydrogens is 986 g/mol. The number of para-hydroxylation sites is 4. The van der Waals surface area contributed by atoms with E-state index in [1.165, 1.54) is 134 Å². The van der Waals surface area contributed by atoms with Crippen molar-refractivity contribution in [2.24, 2.45) is 0 Å². The van der Waals surface area contributed by atoms with Crippen LogP contribution in [-0.4, -0.2) is 13.4 Å². The van der Waals surface area contributed by atoms with E-state index in [1.807, 2.05) is 0 Å². The Morgan fingerprint density at radius 1 is 0.244 bits per heavy atom. The molecule has 12 aromatic rings. The van der Waals surface area contributed by atoms with Crippen LogP contribution >= 0.6 is 0 Å². The monoisotopic (exact) mass is 1050 g/mol. The quantitative estimate of drug-likeness (QED) is 0.140. The van der Waals surface area contributed by atoms with Gasteiger partial charge in [0.25, 0.3) is 0 Å². The lowest BCUT2D eigenvalue weighted by atomic mass is 9.20. The summed E-state index contributed by atoms with van der Waals surface area (Å²) < 4.78 is 0. The van der Waals surface area contributed by atoms with Crippen molar-refractivity contribution in [2.75, 3.05) is 9.80 Å². The van der Waals surface area contributed by atoms with Crippen LogP contribution in [0.2, 0.25) is 0 Å². The van der Waals surface area contributed by atoms with Crippen LogP contribution in [0.25, 0.3) is 0 Å². The Bertz CT molecular complexity index is 3870. The smallest absolute Gasteiger partial charge is 0.240 e. The molecule has 15 rings (SSSR count). The largest absolute Gasteiger partial charge is 0.310 e. The summed E-state index contributed by atoms with van der Waals surface area (Å²) in [5, 5.41) is 0. The number of anilines is 6. The minimum Gasteiger partial charge on any atom is -0.310 e. The van der Waals surface area contributed by atoms with Crippen molar-refractivity contribution < 1.29 is 0 Å². The molecule has 3 aliphatic rings. The molecule has 0 atom stereocenters. The first kappa shape index (κ1) is 49.4. The number of fused-ring (bicyclic) bond motifs is 6. The molecule has 0 bridgehead atoms. The molecule has 0 N–H and O–H groups in total. The molecule has 12 aromatic carbocycles. The third-order valence-corrected chi connectivity index (χ3v) is 18.5. The Balaban J connectivity index is 0.849. The second kappa shape index (κ2) is 19.6. The summed E-state index contributed by atoms with van der Waals surface area (Å²) in [5.74, 6) is 0. The maximum absolute atomic E-state index is 2.52. The van der Waals surface area contributed by atoms with Crippen LogP contribution in [0, 0.1) is 27.7 Å². The molecule has 388 valence electrons. The molecule has 0 unspecified atom stereocenters. The first-order valence-electron chi connectivity index (χ1n) is 29.0. The van der Waals surface area contributed by atoms with Gasteiger partial charge in [0.2, 0.25) is 13.4 Å². The molecule has 4 heteroatoms. The van der Waals surface area contributed by atoms with Gasteiger partial charge in [-0.1, -0.05) is 298 Å². The molecule has 0 saturated heterocycles. The van der Waals surface area contributed by atoms with Gasteiger partial charge in [0, 0.05) is 11.4 Å². The van der Waals surface area contributed by atoms with Crippen LogP contribution in [0.3, 0.4) is 0 Å². The Morgan fingerprint density at radius 3 is 0.695 bits per heavy atom. The van der Waals surface area contributed by atoms with Crippen molar-refractivity contribution in [3.63, 3.8) is 0 Å². The van der Waals surface area contributed by atoms with Gasteiger partial charge in [0.05, 0.1) is 33.6 Å². The lowest BCUT2D eigenvalue weighted by Gasteiger charge is -2.46. The highest BCUT2D eigenvalue weighted by Gasteiger charge is 2.49. The van der Waals surface area contributed by atoms with Gasteiger partial charge in [-0.15, -0.1) is 0 Å². The summed E-state index contributed by atoms with van der Waals surface area (Å²) in [4.78, 5) is 5.05. The van der Waals surface area contributed by atoms with Gasteiger partial charge in [0.1, 0.15) is 0 Å². The maximum atomic E-state index is 2.52. The Morgan fingerprint density at radius 2 is 0.451 bits per heavy atom. The molecule has 0 saturated carbocycles. The van der Waals surface area contributed by atoms with E-state index in [-0.39, 0.29) is 13.4 Å². The van der Waals surface area contributed by atoms with Crippen molar-refractivity contribution in [1.29, 1.82) is 0 Å². The van der Waals surface area contributed by atoms with Crippen LogP contribution in [0.15, 0.2) is 291 Å². The molecule has 0 aliphatic carbocycles. The predicted octanol–water partition coefficient (Wildman–Crippen LogP) is 14.6. The maximum Gasteiger partial charge on any atom is 0.240 e. The molecule has 3 aliphatic heterocycles. The predicted molar refractivity (Wildman–Crippen MR) is 347 cm³/mol. The summed E-state index contributed by atoms with van der Waals surface area (Å²) in [6.07, 6.45) is 0. The van der Waals surface area contributed by atoms with Crippen LogP contribution in [0.5, 0.6) is 0 Å². The highest BCUT2D eigenvalue weighted by Crippen LogP contribution is 2.59. The highest BCUT2D eigenvalue weighted by atomic mass is 15.2. The standard InChI is InChI=1S/C78H60B2N2/c1-53-49-61(81-71-45-25-17-37-63(71)77(57-29-9-5-10-30-57,58-31-11-6-12-32-58)64-38-18-26-46-72(64)81)50-54(2)75(53)79-67-41-21-23-43-69(67)80(70-44-24-22-42-68(70)79)76-55(3)51-62(52-56(76)4)82-73-47-27-19-39-65(73)78(59-33-13-7-14-34-59,60-35-15-8-16-36-60)66-40-20-28-48-74(66)82/h5-52H,1-4H3. The van der Waals surface area contributed by atoms with E-state index in [0.29, 0.717) is 0 Å². The summed E-state index contributed by atoms with van der Waals surface area (Å²) in [5.41, 5.74) is 29.5. The summed E-state index contributed by atoms with van der Waals surface area (Å²) >= 11 is 0. The molecular formula is C78H60B2N2. The fraction of sp³-hybridized carbons (Fsp3) is 0.0769. The topological polar surface area (TPSA) is 6.48 Å². The molecule has 3 heterocycles. The van der Waals surface area contributed by atoms with E-state index in [4.69, 9.17) is 0 Å². The van der Waals surface area contributed by atoms with Gasteiger partial charge in [0.15, 0.2) is 0 Å². The van der Waals surface area contributed by atoms with E-state index in [9.17, 15) is 0 Å². The highest BCUT2D eigenvalue weighted by molar-refractivity contribution is 7.11. The van der Waals surface area contributed by atoms with Gasteiger partial charge in [-0.25, -0.2) is 0 Å². The van der Waals surface area contributed by atoms with Gasteiger partial charge in [-0.3, -0.25) is 0 Å². The average molecular weight is 1050 g/mol. The van der Waals surface area contributed by atoms with Crippen LogP contribution < -0.4 is 42.6 Å². The van der Waals surface area contributed by atoms with Crippen molar-refractivity contribution in [1.82, 2.24) is 0 Å². The normalized spacial score (nSPS) is 14.2. The third kappa shape index (κ3) is 7.23. The third-order valence-electron chi connectivity index (χ3n) is 18.5. The van der Waals surface area contributed by atoms with Crippen LogP contribution in [0.1, 0.15) is 66.8 Å². The minimum absolute atomic E-state index is 0.0400.